The third-order valence-corrected chi connectivity index (χ3v) is 6.91. The number of benzene rings is 1. The van der Waals surface area contributed by atoms with Gasteiger partial charge in [0.15, 0.2) is 6.54 Å². The lowest BCUT2D eigenvalue weighted by Gasteiger charge is -2.34. The molecule has 2 saturated heterocycles. The molecule has 0 radical (unpaired) electrons. The van der Waals surface area contributed by atoms with Gasteiger partial charge in [-0.05, 0) is 18.2 Å². The van der Waals surface area contributed by atoms with E-state index in [1.807, 2.05) is 0 Å². The molecule has 1 aromatic carbocycles. The van der Waals surface area contributed by atoms with Crippen LogP contribution in [-0.4, -0.2) is 82.6 Å². The van der Waals surface area contributed by atoms with Crippen molar-refractivity contribution in [3.8, 4) is 0 Å². The zero-order valence-electron chi connectivity index (χ0n) is 14.3. The fourth-order valence-corrected chi connectivity index (χ4v) is 4.82. The average Bonchev–Trinajstić information content (AvgIpc) is 2.65. The maximum atomic E-state index is 13.3. The second-order valence-corrected chi connectivity index (χ2v) is 8.75. The van der Waals surface area contributed by atoms with Crippen LogP contribution in [0.1, 0.15) is 0 Å². The summed E-state index contributed by atoms with van der Waals surface area (Å²) in [6.45, 7) is 4.46. The number of carbonyl (C=O) groups excluding carboxylic acids is 1. The summed E-state index contributed by atoms with van der Waals surface area (Å²) >= 11 is 5.69. The Morgan fingerprint density at radius 3 is 2.46 bits per heavy atom. The van der Waals surface area contributed by atoms with Crippen molar-refractivity contribution in [2.24, 2.45) is 0 Å². The Balaban J connectivity index is 1.58. The third-order valence-electron chi connectivity index (χ3n) is 4.72. The van der Waals surface area contributed by atoms with Gasteiger partial charge in [-0.1, -0.05) is 11.6 Å². The zero-order valence-corrected chi connectivity index (χ0v) is 15.9. The van der Waals surface area contributed by atoms with Crippen LogP contribution in [0.5, 0.6) is 0 Å². The Morgan fingerprint density at radius 1 is 1.19 bits per heavy atom. The topological polar surface area (TPSA) is 71.4 Å². The lowest BCUT2D eigenvalue weighted by molar-refractivity contribution is -0.900. The van der Waals surface area contributed by atoms with Crippen molar-refractivity contribution < 1.29 is 27.2 Å². The molecule has 26 heavy (non-hydrogen) atoms. The predicted molar refractivity (Wildman–Crippen MR) is 93.1 cm³/mol. The van der Waals surface area contributed by atoms with Crippen molar-refractivity contribution in [3.63, 3.8) is 0 Å². The van der Waals surface area contributed by atoms with Gasteiger partial charge in [0.2, 0.25) is 10.0 Å². The molecular formula is C16H22ClFN3O4S+. The molecule has 3 rings (SSSR count). The van der Waals surface area contributed by atoms with E-state index in [9.17, 15) is 17.6 Å². The van der Waals surface area contributed by atoms with Crippen LogP contribution in [0.3, 0.4) is 0 Å². The molecule has 1 N–H and O–H groups in total. The molecule has 2 aliphatic rings. The highest BCUT2D eigenvalue weighted by atomic mass is 35.5. The van der Waals surface area contributed by atoms with E-state index < -0.39 is 15.8 Å². The molecule has 10 heteroatoms. The molecule has 144 valence electrons. The first-order valence-electron chi connectivity index (χ1n) is 8.52. The Bertz CT molecular complexity index is 763. The second kappa shape index (κ2) is 8.18. The second-order valence-electron chi connectivity index (χ2n) is 6.40. The van der Waals surface area contributed by atoms with Gasteiger partial charge in [0.25, 0.3) is 5.91 Å². The number of morpholine rings is 1. The highest BCUT2D eigenvalue weighted by molar-refractivity contribution is 7.89. The Hall–Kier alpha value is -1.26. The molecule has 0 bridgehead atoms. The molecule has 0 unspecified atom stereocenters. The number of hydrogen-bond donors (Lipinski definition) is 1. The van der Waals surface area contributed by atoms with E-state index in [-0.39, 0.29) is 28.9 Å². The first-order chi connectivity index (χ1) is 12.4. The highest BCUT2D eigenvalue weighted by Gasteiger charge is 2.31. The number of quaternary nitrogens is 1. The average molecular weight is 407 g/mol. The van der Waals surface area contributed by atoms with Crippen LogP contribution < -0.4 is 4.90 Å². The van der Waals surface area contributed by atoms with Crippen LogP contribution in [0.4, 0.5) is 4.39 Å². The first kappa shape index (κ1) is 19.5. The van der Waals surface area contributed by atoms with Gasteiger partial charge in [0, 0.05) is 26.2 Å². The van der Waals surface area contributed by atoms with Crippen LogP contribution in [0.15, 0.2) is 23.1 Å². The lowest BCUT2D eigenvalue weighted by atomic mass is 10.3. The van der Waals surface area contributed by atoms with Gasteiger partial charge in [0.05, 0.1) is 23.1 Å². The summed E-state index contributed by atoms with van der Waals surface area (Å²) in [4.78, 5) is 15.3. The molecule has 7 nitrogen and oxygen atoms in total. The monoisotopic (exact) mass is 406 g/mol. The van der Waals surface area contributed by atoms with Gasteiger partial charge in [0.1, 0.15) is 18.9 Å². The number of nitrogens with zero attached hydrogens (tertiary/aromatic N) is 2. The van der Waals surface area contributed by atoms with Crippen LogP contribution in [0, 0.1) is 5.82 Å². The first-order valence-corrected chi connectivity index (χ1v) is 10.3. The molecule has 2 fully saturated rings. The van der Waals surface area contributed by atoms with Crippen molar-refractivity contribution in [1.82, 2.24) is 9.21 Å². The fourth-order valence-electron chi connectivity index (χ4n) is 3.13. The van der Waals surface area contributed by atoms with E-state index in [1.165, 1.54) is 15.3 Å². The normalized spacial score (nSPS) is 20.3. The van der Waals surface area contributed by atoms with Crippen molar-refractivity contribution in [2.75, 3.05) is 59.0 Å². The van der Waals surface area contributed by atoms with Gasteiger partial charge >= 0.3 is 0 Å². The molecule has 2 heterocycles. The van der Waals surface area contributed by atoms with E-state index in [4.69, 9.17) is 16.3 Å². The van der Waals surface area contributed by atoms with Gasteiger partial charge in [-0.3, -0.25) is 4.79 Å². The quantitative estimate of drug-likeness (QED) is 0.712. The number of nitrogens with one attached hydrogen (secondary N) is 1. The molecule has 0 aliphatic carbocycles. The summed E-state index contributed by atoms with van der Waals surface area (Å²) in [6.07, 6.45) is 0. The van der Waals surface area contributed by atoms with Gasteiger partial charge in [-0.25, -0.2) is 12.8 Å². The zero-order chi connectivity index (χ0) is 18.7. The molecule has 0 saturated carbocycles. The summed E-state index contributed by atoms with van der Waals surface area (Å²) in [5, 5.41) is -0.228. The minimum atomic E-state index is -3.76. The third kappa shape index (κ3) is 4.34. The molecule has 0 spiro atoms. The summed E-state index contributed by atoms with van der Waals surface area (Å²) < 4.78 is 45.2. The van der Waals surface area contributed by atoms with Gasteiger partial charge in [-0.2, -0.15) is 4.31 Å². The van der Waals surface area contributed by atoms with Crippen molar-refractivity contribution in [2.45, 2.75) is 4.90 Å². The number of halogens is 2. The number of ether oxygens (including phenoxy) is 1. The van der Waals surface area contributed by atoms with Crippen LogP contribution >= 0.6 is 11.6 Å². The fraction of sp³-hybridized carbons (Fsp3) is 0.562. The molecule has 0 aromatic heterocycles. The maximum Gasteiger partial charge on any atom is 0.277 e. The summed E-state index contributed by atoms with van der Waals surface area (Å²) in [5.41, 5.74) is 0. The van der Waals surface area contributed by atoms with E-state index in [0.717, 1.165) is 25.2 Å². The smallest absolute Gasteiger partial charge is 0.277 e. The number of hydrogen-bond acceptors (Lipinski definition) is 4. The minimum absolute atomic E-state index is 0.0313. The van der Waals surface area contributed by atoms with Crippen molar-refractivity contribution >= 4 is 27.5 Å². The largest absolute Gasteiger partial charge is 0.370 e. The Labute approximate surface area is 157 Å². The number of piperazine rings is 1. The van der Waals surface area contributed by atoms with E-state index in [2.05, 4.69) is 0 Å². The van der Waals surface area contributed by atoms with E-state index in [0.29, 0.717) is 32.8 Å². The van der Waals surface area contributed by atoms with E-state index in [1.54, 1.807) is 4.90 Å². The predicted octanol–water partition coefficient (Wildman–Crippen LogP) is -0.773. The molecule has 0 atom stereocenters. The van der Waals surface area contributed by atoms with Gasteiger partial charge < -0.3 is 14.5 Å². The molecular weight excluding hydrogens is 385 g/mol. The number of carbonyl (C=O) groups is 1. The Morgan fingerprint density at radius 2 is 1.85 bits per heavy atom. The standard InChI is InChI=1S/C16H21ClFN3O4S/c17-14-11-13(1-2-15(14)18)26(23,24)21-5-3-20(4-6-21)16(22)12-19-7-9-25-10-8-19/h1-2,11H,3-10,12H2/p+1. The molecule has 2 aliphatic heterocycles. The molecule has 1 amide bonds. The summed E-state index contributed by atoms with van der Waals surface area (Å²) in [5.74, 6) is -0.629. The maximum absolute atomic E-state index is 13.3. The Kier molecular flexibility index (Phi) is 6.13. The molecule has 1 aromatic rings. The van der Waals surface area contributed by atoms with Crippen molar-refractivity contribution in [1.29, 1.82) is 0 Å². The lowest BCUT2D eigenvalue weighted by Crippen LogP contribution is -3.15. The SMILES string of the molecule is O=C(C[NH+]1CCOCC1)N1CCN(S(=O)(=O)c2ccc(F)c(Cl)c2)CC1. The number of sulfonamides is 1. The summed E-state index contributed by atoms with van der Waals surface area (Å²) in [6, 6.07) is 3.36. The van der Waals surface area contributed by atoms with E-state index >= 15 is 0 Å². The van der Waals surface area contributed by atoms with Crippen molar-refractivity contribution in [3.05, 3.63) is 29.0 Å². The minimum Gasteiger partial charge on any atom is -0.370 e. The van der Waals surface area contributed by atoms with Crippen LogP contribution in [0.2, 0.25) is 5.02 Å². The number of rotatable bonds is 4. The van der Waals surface area contributed by atoms with Crippen LogP contribution in [-0.2, 0) is 19.6 Å². The highest BCUT2D eigenvalue weighted by Crippen LogP contribution is 2.23. The van der Waals surface area contributed by atoms with Crippen LogP contribution in [0.25, 0.3) is 0 Å². The summed E-state index contributed by atoms with van der Waals surface area (Å²) in [7, 11) is -3.76. The van der Waals surface area contributed by atoms with Gasteiger partial charge in [-0.15, -0.1) is 0 Å². The number of amides is 1.